The first kappa shape index (κ1) is 48.6. The summed E-state index contributed by atoms with van der Waals surface area (Å²) >= 11 is 0. The zero-order valence-electron chi connectivity index (χ0n) is 30.5. The second-order valence-corrected chi connectivity index (χ2v) is 18.8. The van der Waals surface area contributed by atoms with Gasteiger partial charge < -0.3 is 13.7 Å². The van der Waals surface area contributed by atoms with Gasteiger partial charge in [0, 0.05) is 0 Å². The SMILES string of the molecule is CCC(C)(C)C(C)CC[C@@H](C)[C@H]1CCC2C3C[C@H](OS(=O)(=O)[O-])[C@H]4C[C@H](OS(=O)(=O)[O-])[C@@H](OS(=O)(=O)[O-])C[C@]4(C)C3CC[C@@]21C.[Na+].[Na+].[Na+]. The summed E-state index contributed by atoms with van der Waals surface area (Å²) in [6.07, 6.45) is 2.28. The van der Waals surface area contributed by atoms with Gasteiger partial charge in [0.25, 0.3) is 0 Å². The quantitative estimate of drug-likeness (QED) is 0.106. The van der Waals surface area contributed by atoms with Crippen LogP contribution in [0.15, 0.2) is 0 Å². The van der Waals surface area contributed by atoms with Gasteiger partial charge in [-0.2, -0.15) is 0 Å². The van der Waals surface area contributed by atoms with Crippen molar-refractivity contribution in [2.24, 2.45) is 57.7 Å². The summed E-state index contributed by atoms with van der Waals surface area (Å²) < 4.78 is 120. The van der Waals surface area contributed by atoms with E-state index in [-0.39, 0.29) is 137 Å². The van der Waals surface area contributed by atoms with Crippen LogP contribution >= 0.6 is 0 Å². The molecule has 4 fully saturated rings. The van der Waals surface area contributed by atoms with Crippen LogP contribution in [0.3, 0.4) is 0 Å². The van der Waals surface area contributed by atoms with Crippen molar-refractivity contribution in [3.8, 4) is 0 Å². The van der Waals surface area contributed by atoms with Crippen LogP contribution in [-0.2, 0) is 43.7 Å². The number of hydrogen-bond acceptors (Lipinski definition) is 12. The van der Waals surface area contributed by atoms with E-state index in [9.17, 15) is 38.9 Å². The average molecular weight is 769 g/mol. The molecule has 12 atom stereocenters. The van der Waals surface area contributed by atoms with E-state index >= 15 is 0 Å². The first-order valence-corrected chi connectivity index (χ1v) is 20.3. The zero-order chi connectivity index (χ0) is 34.0. The summed E-state index contributed by atoms with van der Waals surface area (Å²) in [7, 11) is -15.8. The molecule has 4 unspecified atom stereocenters. The predicted molar refractivity (Wildman–Crippen MR) is 161 cm³/mol. The van der Waals surface area contributed by atoms with Gasteiger partial charge in [0.15, 0.2) is 0 Å². The summed E-state index contributed by atoms with van der Waals surface area (Å²) in [5.41, 5.74) is -0.661. The minimum absolute atomic E-state index is 0. The van der Waals surface area contributed by atoms with Gasteiger partial charge in [0.2, 0.25) is 31.2 Å². The van der Waals surface area contributed by atoms with E-state index in [0.717, 1.165) is 44.9 Å². The summed E-state index contributed by atoms with van der Waals surface area (Å²) in [6, 6.07) is 0. The van der Waals surface area contributed by atoms with Gasteiger partial charge in [0.05, 0.1) is 6.10 Å². The van der Waals surface area contributed by atoms with Crippen molar-refractivity contribution >= 4 is 31.2 Å². The first-order valence-electron chi connectivity index (χ1n) is 16.3. The Morgan fingerprint density at radius 2 is 1.21 bits per heavy atom. The summed E-state index contributed by atoms with van der Waals surface area (Å²) in [5.74, 6) is 0.821. The van der Waals surface area contributed by atoms with Crippen LogP contribution in [0.4, 0.5) is 0 Å². The molecule has 12 nitrogen and oxygen atoms in total. The van der Waals surface area contributed by atoms with E-state index in [4.69, 9.17) is 8.37 Å². The van der Waals surface area contributed by atoms with Gasteiger partial charge in [-0.3, -0.25) is 12.5 Å². The molecule has 0 amide bonds. The van der Waals surface area contributed by atoms with E-state index in [2.05, 4.69) is 45.7 Å². The largest absolute Gasteiger partial charge is 1.00 e. The van der Waals surface area contributed by atoms with E-state index in [0.29, 0.717) is 17.8 Å². The molecule has 0 radical (unpaired) electrons. The summed E-state index contributed by atoms with van der Waals surface area (Å²) in [5, 5.41) is 0. The average Bonchev–Trinajstić information content (AvgIpc) is 3.23. The van der Waals surface area contributed by atoms with Gasteiger partial charge >= 0.3 is 88.7 Å². The molecule has 0 aromatic carbocycles. The molecule has 4 aliphatic rings. The maximum Gasteiger partial charge on any atom is 1.00 e. The number of rotatable bonds is 12. The Bertz CT molecular complexity index is 1410. The molecule has 4 saturated carbocycles. The predicted octanol–water partition coefficient (Wildman–Crippen LogP) is -4.10. The maximum absolute atomic E-state index is 12.0. The first-order chi connectivity index (χ1) is 20.4. The van der Waals surface area contributed by atoms with Crippen LogP contribution in [0, 0.1) is 57.7 Å². The van der Waals surface area contributed by atoms with Crippen LogP contribution < -0.4 is 88.7 Å². The molecule has 0 aromatic rings. The van der Waals surface area contributed by atoms with Gasteiger partial charge in [0.1, 0.15) is 12.2 Å². The Labute approximate surface area is 355 Å². The van der Waals surface area contributed by atoms with E-state index in [1.54, 1.807) is 0 Å². The fraction of sp³-hybridized carbons (Fsp3) is 1.00. The van der Waals surface area contributed by atoms with Crippen molar-refractivity contribution in [2.45, 2.75) is 131 Å². The van der Waals surface area contributed by atoms with Gasteiger partial charge in [-0.15, -0.1) is 0 Å². The summed E-state index contributed by atoms with van der Waals surface area (Å²) in [6.45, 7) is 15.7. The third-order valence-corrected chi connectivity index (χ3v) is 14.9. The minimum atomic E-state index is -5.35. The Kier molecular flexibility index (Phi) is 17.8. The Morgan fingerprint density at radius 3 is 1.73 bits per heavy atom. The van der Waals surface area contributed by atoms with E-state index < -0.39 is 60.8 Å². The van der Waals surface area contributed by atoms with Crippen LogP contribution in [0.2, 0.25) is 0 Å². The Morgan fingerprint density at radius 1 is 0.708 bits per heavy atom. The molecule has 0 aliphatic heterocycles. The maximum atomic E-state index is 12.0. The zero-order valence-corrected chi connectivity index (χ0v) is 38.9. The standard InChI is InChI=1S/C30H54O12S3.3Na/c1-8-28(4,5)19(3)10-9-18(2)21-11-12-22-20-15-25(40-43(31,32)33)24-16-26(41-44(34,35)36)27(42-45(37,38)39)17-30(24,7)23(20)13-14-29(21,22)6;;;/h18-27H,8-17H2,1-7H3,(H,31,32,33)(H,34,35,36)(H,37,38,39);;;/q;3*+1/p-3/t18-,19?,20?,21-,22?,23?,24-,25+,26+,27+,29-,30-;;;/m1.../s1. The Hall–Kier alpha value is 2.61. The molecule has 48 heavy (non-hydrogen) atoms. The molecule has 0 spiro atoms. The topological polar surface area (TPSA) is 199 Å². The third-order valence-electron chi connectivity index (χ3n) is 13.4. The smallest absolute Gasteiger partial charge is 0.726 e. The van der Waals surface area contributed by atoms with E-state index in [1.165, 1.54) is 0 Å². The van der Waals surface area contributed by atoms with Gasteiger partial charge in [-0.25, -0.2) is 25.3 Å². The second-order valence-electron chi connectivity index (χ2n) is 15.8. The fourth-order valence-corrected chi connectivity index (χ4v) is 12.0. The van der Waals surface area contributed by atoms with E-state index in [1.807, 2.05) is 6.92 Å². The van der Waals surface area contributed by atoms with Crippen LogP contribution in [0.1, 0.15) is 113 Å². The molecule has 18 heteroatoms. The molecule has 0 heterocycles. The molecule has 264 valence electrons. The van der Waals surface area contributed by atoms with Crippen molar-refractivity contribution < 1.29 is 140 Å². The molecule has 4 rings (SSSR count). The van der Waals surface area contributed by atoms with Crippen molar-refractivity contribution in [3.05, 3.63) is 0 Å². The molecule has 4 aliphatic carbocycles. The monoisotopic (exact) mass is 768 g/mol. The van der Waals surface area contributed by atoms with Crippen LogP contribution in [-0.4, -0.2) is 57.2 Å². The van der Waals surface area contributed by atoms with Crippen molar-refractivity contribution in [3.63, 3.8) is 0 Å². The van der Waals surface area contributed by atoms with Crippen LogP contribution in [0.25, 0.3) is 0 Å². The number of hydrogen-bond donors (Lipinski definition) is 0. The molecule has 0 bridgehead atoms. The number of fused-ring (bicyclic) bond motifs is 5. The Balaban J connectivity index is 0.00000384. The van der Waals surface area contributed by atoms with Crippen molar-refractivity contribution in [1.29, 1.82) is 0 Å². The van der Waals surface area contributed by atoms with Crippen molar-refractivity contribution in [1.82, 2.24) is 0 Å². The van der Waals surface area contributed by atoms with Gasteiger partial charge in [-0.1, -0.05) is 61.3 Å². The summed E-state index contributed by atoms with van der Waals surface area (Å²) in [4.78, 5) is 0. The normalized spacial score (nSPS) is 38.1. The fourth-order valence-electron chi connectivity index (χ4n) is 10.4. The molecule has 0 aromatic heterocycles. The molecular formula is C30H51Na3O12S3. The van der Waals surface area contributed by atoms with Crippen LogP contribution in [0.5, 0.6) is 0 Å². The minimum Gasteiger partial charge on any atom is -0.726 e. The molecule has 0 N–H and O–H groups in total. The van der Waals surface area contributed by atoms with Gasteiger partial charge in [-0.05, 0) is 109 Å². The molecular weight excluding hydrogens is 717 g/mol. The van der Waals surface area contributed by atoms with Crippen molar-refractivity contribution in [2.75, 3.05) is 0 Å². The molecule has 0 saturated heterocycles. The third kappa shape index (κ3) is 11.1. The second kappa shape index (κ2) is 17.6.